The highest BCUT2D eigenvalue weighted by atomic mass is 127. The minimum absolute atomic E-state index is 0. The number of hydrogen-bond acceptors (Lipinski definition) is 3. The van der Waals surface area contributed by atoms with Gasteiger partial charge >= 0.3 is 0 Å². The van der Waals surface area contributed by atoms with Crippen LogP contribution < -0.4 is 10.6 Å². The number of guanidine groups is 1. The van der Waals surface area contributed by atoms with Crippen LogP contribution in [-0.2, 0) is 9.47 Å². The molecular formula is C15H32IN3O2. The minimum Gasteiger partial charge on any atom is -0.383 e. The highest BCUT2D eigenvalue weighted by Gasteiger charge is 2.32. The van der Waals surface area contributed by atoms with Crippen molar-refractivity contribution in [1.82, 2.24) is 10.6 Å². The summed E-state index contributed by atoms with van der Waals surface area (Å²) in [4.78, 5) is 4.24. The topological polar surface area (TPSA) is 54.9 Å². The Morgan fingerprint density at radius 2 is 1.86 bits per heavy atom. The molecular weight excluding hydrogens is 381 g/mol. The molecule has 1 rings (SSSR count). The van der Waals surface area contributed by atoms with Crippen molar-refractivity contribution in [3.05, 3.63) is 0 Å². The molecule has 2 N–H and O–H groups in total. The van der Waals surface area contributed by atoms with Crippen LogP contribution in [0.15, 0.2) is 4.99 Å². The van der Waals surface area contributed by atoms with Gasteiger partial charge in [-0.05, 0) is 19.3 Å². The lowest BCUT2D eigenvalue weighted by Gasteiger charge is -2.37. The van der Waals surface area contributed by atoms with Crippen molar-refractivity contribution >= 4 is 29.9 Å². The Morgan fingerprint density at radius 3 is 2.43 bits per heavy atom. The van der Waals surface area contributed by atoms with Crippen LogP contribution in [0.1, 0.15) is 45.4 Å². The standard InChI is InChI=1S/C15H31N3O2.HI/c1-4-11-20-15(8-6-5-7-9-15)13-18-14(16-2)17-10-12-19-3;/h4-13H2,1-3H3,(H2,16,17,18);1H. The maximum atomic E-state index is 6.17. The molecule has 0 aromatic heterocycles. The first kappa shape index (κ1) is 20.9. The Morgan fingerprint density at radius 1 is 1.14 bits per heavy atom. The minimum atomic E-state index is -0.00681. The van der Waals surface area contributed by atoms with Crippen LogP contribution in [0.25, 0.3) is 0 Å². The first-order chi connectivity index (χ1) is 9.76. The first-order valence-electron chi connectivity index (χ1n) is 7.84. The van der Waals surface area contributed by atoms with Crippen LogP contribution in [0.2, 0.25) is 0 Å². The Balaban J connectivity index is 0.00000400. The smallest absolute Gasteiger partial charge is 0.191 e. The van der Waals surface area contributed by atoms with Crippen molar-refractivity contribution in [1.29, 1.82) is 0 Å². The summed E-state index contributed by atoms with van der Waals surface area (Å²) in [5.74, 6) is 0.826. The van der Waals surface area contributed by atoms with E-state index in [1.807, 2.05) is 0 Å². The molecule has 6 heteroatoms. The average Bonchev–Trinajstić information content (AvgIpc) is 2.50. The Bertz CT molecular complexity index is 282. The van der Waals surface area contributed by atoms with Gasteiger partial charge in [0, 0.05) is 33.9 Å². The van der Waals surface area contributed by atoms with Crippen molar-refractivity contribution in [2.24, 2.45) is 4.99 Å². The molecule has 1 aliphatic carbocycles. The summed E-state index contributed by atoms with van der Waals surface area (Å²) in [6, 6.07) is 0. The zero-order chi connectivity index (χ0) is 14.7. The highest BCUT2D eigenvalue weighted by molar-refractivity contribution is 14.0. The monoisotopic (exact) mass is 413 g/mol. The van der Waals surface area contributed by atoms with Gasteiger partial charge in [0.15, 0.2) is 5.96 Å². The number of aliphatic imine (C=N–C) groups is 1. The van der Waals surface area contributed by atoms with Gasteiger partial charge < -0.3 is 20.1 Å². The fraction of sp³-hybridized carbons (Fsp3) is 0.933. The van der Waals surface area contributed by atoms with Crippen molar-refractivity contribution in [3.8, 4) is 0 Å². The van der Waals surface area contributed by atoms with Crippen LogP contribution >= 0.6 is 24.0 Å². The molecule has 0 radical (unpaired) electrons. The third-order valence-corrected chi connectivity index (χ3v) is 3.78. The molecule has 0 aromatic rings. The van der Waals surface area contributed by atoms with Gasteiger partial charge in [0.25, 0.3) is 0 Å². The SMILES string of the molecule is CCCOC1(CNC(=NC)NCCOC)CCCCC1.I. The third-order valence-electron chi connectivity index (χ3n) is 3.78. The number of methoxy groups -OCH3 is 1. The molecule has 0 spiro atoms. The molecule has 1 aliphatic rings. The number of nitrogens with zero attached hydrogens (tertiary/aromatic N) is 1. The van der Waals surface area contributed by atoms with E-state index >= 15 is 0 Å². The van der Waals surface area contributed by atoms with Crippen molar-refractivity contribution in [2.75, 3.05) is 40.5 Å². The normalized spacial score (nSPS) is 18.0. The molecule has 0 heterocycles. The van der Waals surface area contributed by atoms with Gasteiger partial charge in [-0.15, -0.1) is 24.0 Å². The van der Waals surface area contributed by atoms with Crippen molar-refractivity contribution in [3.63, 3.8) is 0 Å². The number of halogens is 1. The molecule has 1 saturated carbocycles. The summed E-state index contributed by atoms with van der Waals surface area (Å²) in [6.45, 7) is 5.28. The summed E-state index contributed by atoms with van der Waals surface area (Å²) >= 11 is 0. The summed E-state index contributed by atoms with van der Waals surface area (Å²) in [7, 11) is 3.50. The highest BCUT2D eigenvalue weighted by Crippen LogP contribution is 2.31. The van der Waals surface area contributed by atoms with E-state index in [9.17, 15) is 0 Å². The van der Waals surface area contributed by atoms with Crippen LogP contribution in [0.5, 0.6) is 0 Å². The average molecular weight is 413 g/mol. The quantitative estimate of drug-likeness (QED) is 0.278. The van der Waals surface area contributed by atoms with Crippen LogP contribution in [0, 0.1) is 0 Å². The molecule has 0 unspecified atom stereocenters. The van der Waals surface area contributed by atoms with E-state index in [0.29, 0.717) is 6.61 Å². The zero-order valence-corrected chi connectivity index (χ0v) is 16.1. The lowest BCUT2D eigenvalue weighted by Crippen LogP contribution is -2.50. The first-order valence-corrected chi connectivity index (χ1v) is 7.84. The molecule has 5 nitrogen and oxygen atoms in total. The molecule has 0 bridgehead atoms. The summed E-state index contributed by atoms with van der Waals surface area (Å²) in [6.07, 6.45) is 7.23. The van der Waals surface area contributed by atoms with Crippen molar-refractivity contribution < 1.29 is 9.47 Å². The number of hydrogen-bond donors (Lipinski definition) is 2. The fourth-order valence-electron chi connectivity index (χ4n) is 2.62. The predicted octanol–water partition coefficient (Wildman–Crippen LogP) is 2.55. The molecule has 126 valence electrons. The Kier molecular flexibility index (Phi) is 12.4. The molecule has 0 saturated heterocycles. The summed E-state index contributed by atoms with van der Waals surface area (Å²) < 4.78 is 11.2. The van der Waals surface area contributed by atoms with Crippen molar-refractivity contribution in [2.45, 2.75) is 51.0 Å². The fourth-order valence-corrected chi connectivity index (χ4v) is 2.62. The Labute approximate surface area is 146 Å². The van der Waals surface area contributed by atoms with Gasteiger partial charge in [0.05, 0.1) is 12.2 Å². The molecule has 1 fully saturated rings. The van der Waals surface area contributed by atoms with Crippen LogP contribution in [0.3, 0.4) is 0 Å². The van der Waals surface area contributed by atoms with E-state index in [0.717, 1.165) is 44.9 Å². The van der Waals surface area contributed by atoms with E-state index < -0.39 is 0 Å². The lowest BCUT2D eigenvalue weighted by molar-refractivity contribution is -0.0657. The Hall–Kier alpha value is -0.0800. The van der Waals surface area contributed by atoms with E-state index in [-0.39, 0.29) is 29.6 Å². The zero-order valence-electron chi connectivity index (χ0n) is 13.7. The molecule has 0 aromatic carbocycles. The van der Waals surface area contributed by atoms with E-state index in [1.165, 1.54) is 19.3 Å². The maximum Gasteiger partial charge on any atom is 0.191 e. The second-order valence-electron chi connectivity index (χ2n) is 5.44. The molecule has 21 heavy (non-hydrogen) atoms. The second-order valence-corrected chi connectivity index (χ2v) is 5.44. The summed E-state index contributed by atoms with van der Waals surface area (Å²) in [5, 5.41) is 6.65. The predicted molar refractivity (Wildman–Crippen MR) is 98.7 cm³/mol. The third kappa shape index (κ3) is 8.21. The second kappa shape index (κ2) is 12.5. The number of rotatable bonds is 8. The molecule has 0 aliphatic heterocycles. The lowest BCUT2D eigenvalue weighted by atomic mass is 9.84. The summed E-state index contributed by atoms with van der Waals surface area (Å²) in [5.41, 5.74) is -0.00681. The largest absolute Gasteiger partial charge is 0.383 e. The van der Waals surface area contributed by atoms with Gasteiger partial charge in [-0.25, -0.2) is 0 Å². The van der Waals surface area contributed by atoms with E-state index in [2.05, 4.69) is 22.5 Å². The van der Waals surface area contributed by atoms with E-state index in [1.54, 1.807) is 14.2 Å². The number of nitrogens with one attached hydrogen (secondary N) is 2. The van der Waals surface area contributed by atoms with Gasteiger partial charge in [0.1, 0.15) is 0 Å². The van der Waals surface area contributed by atoms with Gasteiger partial charge in [-0.3, -0.25) is 4.99 Å². The van der Waals surface area contributed by atoms with E-state index in [4.69, 9.17) is 9.47 Å². The van der Waals surface area contributed by atoms with Gasteiger partial charge in [-0.1, -0.05) is 26.2 Å². The van der Waals surface area contributed by atoms with Crippen LogP contribution in [-0.4, -0.2) is 52.0 Å². The maximum absolute atomic E-state index is 6.17. The molecule has 0 atom stereocenters. The van der Waals surface area contributed by atoms with Gasteiger partial charge in [-0.2, -0.15) is 0 Å². The van der Waals surface area contributed by atoms with Crippen LogP contribution in [0.4, 0.5) is 0 Å². The number of ether oxygens (including phenoxy) is 2. The van der Waals surface area contributed by atoms with Gasteiger partial charge in [0.2, 0.25) is 0 Å². The molecule has 0 amide bonds.